The van der Waals surface area contributed by atoms with Gasteiger partial charge in [-0.2, -0.15) is 0 Å². The highest BCUT2D eigenvalue weighted by Crippen LogP contribution is 2.44. The Morgan fingerprint density at radius 3 is 2.59 bits per heavy atom. The van der Waals surface area contributed by atoms with Gasteiger partial charge in [0.05, 0.1) is 24.5 Å². The number of ether oxygens (including phenoxy) is 3. The van der Waals surface area contributed by atoms with Crippen molar-refractivity contribution in [2.45, 2.75) is 63.6 Å². The minimum atomic E-state index is -0.823. The average molecular weight is 371 g/mol. The summed E-state index contributed by atoms with van der Waals surface area (Å²) < 4.78 is 17.1. The molecule has 0 saturated heterocycles. The van der Waals surface area contributed by atoms with E-state index in [4.69, 9.17) is 14.2 Å². The lowest BCUT2D eigenvalue weighted by Gasteiger charge is -2.27. The maximum absolute atomic E-state index is 12.5. The first kappa shape index (κ1) is 17.9. The van der Waals surface area contributed by atoms with Gasteiger partial charge in [0.15, 0.2) is 11.5 Å². The highest BCUT2D eigenvalue weighted by Gasteiger charge is 2.47. The Hall–Kier alpha value is -2.50. The zero-order valence-electron chi connectivity index (χ0n) is 16.0. The maximum atomic E-state index is 12.5. The predicted molar refractivity (Wildman–Crippen MR) is 98.6 cm³/mol. The number of cyclic esters (lactones) is 1. The van der Waals surface area contributed by atoms with Crippen molar-refractivity contribution in [1.82, 2.24) is 5.32 Å². The van der Waals surface area contributed by atoms with E-state index in [0.29, 0.717) is 22.8 Å². The molecule has 1 N–H and O–H groups in total. The van der Waals surface area contributed by atoms with Gasteiger partial charge in [-0.15, -0.1) is 0 Å². The van der Waals surface area contributed by atoms with Gasteiger partial charge in [-0.05, 0) is 57.2 Å². The largest absolute Gasteiger partial charge is 0.493 e. The van der Waals surface area contributed by atoms with Gasteiger partial charge in [-0.1, -0.05) is 6.07 Å². The number of hydrogen-bond donors (Lipinski definition) is 1. The zero-order valence-corrected chi connectivity index (χ0v) is 16.0. The number of benzene rings is 1. The van der Waals surface area contributed by atoms with Crippen LogP contribution in [-0.4, -0.2) is 30.7 Å². The Bertz CT molecular complexity index is 820. The van der Waals surface area contributed by atoms with Crippen molar-refractivity contribution in [2.75, 3.05) is 7.11 Å². The Balaban J connectivity index is 1.72. The SMILES string of the molecule is COc1ccc([C@@H]2CC(=O)NC3=C2C(=O)OC3(C)C)cc1OC1CCCC1. The summed E-state index contributed by atoms with van der Waals surface area (Å²) in [4.78, 5) is 24.8. The molecule has 0 spiro atoms. The van der Waals surface area contributed by atoms with Crippen LogP contribution in [0.2, 0.25) is 0 Å². The normalized spacial score (nSPS) is 24.5. The number of amides is 1. The van der Waals surface area contributed by atoms with Crippen molar-refractivity contribution < 1.29 is 23.8 Å². The van der Waals surface area contributed by atoms with Crippen LogP contribution >= 0.6 is 0 Å². The topological polar surface area (TPSA) is 73.9 Å². The van der Waals surface area contributed by atoms with E-state index in [1.807, 2.05) is 18.2 Å². The highest BCUT2D eigenvalue weighted by molar-refractivity contribution is 5.99. The number of carbonyl (C=O) groups is 2. The summed E-state index contributed by atoms with van der Waals surface area (Å²) in [5.41, 5.74) is 1.15. The molecule has 0 radical (unpaired) electrons. The number of rotatable bonds is 4. The minimum absolute atomic E-state index is 0.112. The molecule has 27 heavy (non-hydrogen) atoms. The standard InChI is InChI=1S/C21H25NO5/c1-21(2)19-18(20(24)27-21)14(11-17(23)22-19)12-8-9-15(25-3)16(10-12)26-13-6-4-5-7-13/h8-10,13-14H,4-7,11H2,1-3H3,(H,22,23)/t14-/m0/s1. The van der Waals surface area contributed by atoms with E-state index < -0.39 is 5.60 Å². The van der Waals surface area contributed by atoms with Crippen LogP contribution in [-0.2, 0) is 14.3 Å². The van der Waals surface area contributed by atoms with Crippen molar-refractivity contribution in [3.63, 3.8) is 0 Å². The van der Waals surface area contributed by atoms with E-state index in [-0.39, 0.29) is 30.3 Å². The second-order valence-corrected chi connectivity index (χ2v) is 7.93. The summed E-state index contributed by atoms with van der Waals surface area (Å²) >= 11 is 0. The van der Waals surface area contributed by atoms with Crippen molar-refractivity contribution in [1.29, 1.82) is 0 Å². The molecule has 1 fully saturated rings. The molecule has 6 nitrogen and oxygen atoms in total. The summed E-state index contributed by atoms with van der Waals surface area (Å²) in [6, 6.07) is 5.65. The lowest BCUT2D eigenvalue weighted by atomic mass is 9.82. The lowest BCUT2D eigenvalue weighted by molar-refractivity contribution is -0.144. The van der Waals surface area contributed by atoms with Crippen LogP contribution in [0.5, 0.6) is 11.5 Å². The molecule has 1 aliphatic carbocycles. The van der Waals surface area contributed by atoms with Crippen LogP contribution in [0, 0.1) is 0 Å². The molecule has 2 heterocycles. The quantitative estimate of drug-likeness (QED) is 0.823. The molecular weight excluding hydrogens is 346 g/mol. The predicted octanol–water partition coefficient (Wildman–Crippen LogP) is 3.21. The molecular formula is C21H25NO5. The molecule has 4 rings (SSSR count). The third-order valence-electron chi connectivity index (χ3n) is 5.63. The third-order valence-corrected chi connectivity index (χ3v) is 5.63. The fraction of sp³-hybridized carbons (Fsp3) is 0.524. The number of esters is 1. The number of hydrogen-bond acceptors (Lipinski definition) is 5. The molecule has 1 atom stereocenters. The van der Waals surface area contributed by atoms with E-state index in [1.165, 1.54) is 12.8 Å². The smallest absolute Gasteiger partial charge is 0.337 e. The summed E-state index contributed by atoms with van der Waals surface area (Å²) in [7, 11) is 1.61. The Kier molecular flexibility index (Phi) is 4.36. The van der Waals surface area contributed by atoms with Crippen molar-refractivity contribution >= 4 is 11.9 Å². The van der Waals surface area contributed by atoms with E-state index in [2.05, 4.69) is 5.32 Å². The summed E-state index contributed by atoms with van der Waals surface area (Å²) in [6.07, 6.45) is 4.82. The van der Waals surface area contributed by atoms with E-state index in [1.54, 1.807) is 21.0 Å². The molecule has 2 aliphatic heterocycles. The first-order chi connectivity index (χ1) is 12.9. The highest BCUT2D eigenvalue weighted by atomic mass is 16.6. The maximum Gasteiger partial charge on any atom is 0.337 e. The molecule has 0 bridgehead atoms. The van der Waals surface area contributed by atoms with Gasteiger partial charge in [0.25, 0.3) is 0 Å². The van der Waals surface area contributed by atoms with Crippen LogP contribution in [0.4, 0.5) is 0 Å². The van der Waals surface area contributed by atoms with Crippen molar-refractivity contribution in [3.8, 4) is 11.5 Å². The monoisotopic (exact) mass is 371 g/mol. The molecule has 1 aromatic rings. The van der Waals surface area contributed by atoms with E-state index >= 15 is 0 Å². The van der Waals surface area contributed by atoms with Gasteiger partial charge in [-0.25, -0.2) is 4.79 Å². The van der Waals surface area contributed by atoms with Gasteiger partial charge in [0.2, 0.25) is 5.91 Å². The first-order valence-corrected chi connectivity index (χ1v) is 9.51. The van der Waals surface area contributed by atoms with Gasteiger partial charge < -0.3 is 19.5 Å². The van der Waals surface area contributed by atoms with Gasteiger partial charge in [0, 0.05) is 12.3 Å². The number of methoxy groups -OCH3 is 1. The molecule has 0 unspecified atom stereocenters. The zero-order chi connectivity index (χ0) is 19.2. The van der Waals surface area contributed by atoms with Gasteiger partial charge >= 0.3 is 5.97 Å². The number of carbonyl (C=O) groups excluding carboxylic acids is 2. The molecule has 144 valence electrons. The first-order valence-electron chi connectivity index (χ1n) is 9.51. The summed E-state index contributed by atoms with van der Waals surface area (Å²) in [5, 5.41) is 2.83. The van der Waals surface area contributed by atoms with Crippen LogP contribution in [0.3, 0.4) is 0 Å². The van der Waals surface area contributed by atoms with Gasteiger partial charge in [-0.3, -0.25) is 4.79 Å². The summed E-state index contributed by atoms with van der Waals surface area (Å²) in [5.74, 6) is 0.503. The van der Waals surface area contributed by atoms with Crippen LogP contribution in [0.25, 0.3) is 0 Å². The Morgan fingerprint density at radius 2 is 1.89 bits per heavy atom. The second-order valence-electron chi connectivity index (χ2n) is 7.93. The number of nitrogens with one attached hydrogen (secondary N) is 1. The molecule has 1 saturated carbocycles. The molecule has 0 aromatic heterocycles. The van der Waals surface area contributed by atoms with Crippen molar-refractivity contribution in [3.05, 3.63) is 35.0 Å². The fourth-order valence-corrected chi connectivity index (χ4v) is 4.25. The van der Waals surface area contributed by atoms with Crippen LogP contribution in [0.1, 0.15) is 57.4 Å². The van der Waals surface area contributed by atoms with Crippen LogP contribution in [0.15, 0.2) is 29.5 Å². The fourth-order valence-electron chi connectivity index (χ4n) is 4.25. The summed E-state index contributed by atoms with van der Waals surface area (Å²) in [6.45, 7) is 3.58. The van der Waals surface area contributed by atoms with Gasteiger partial charge in [0.1, 0.15) is 5.60 Å². The second kappa shape index (κ2) is 6.59. The minimum Gasteiger partial charge on any atom is -0.493 e. The van der Waals surface area contributed by atoms with Crippen molar-refractivity contribution in [2.24, 2.45) is 0 Å². The lowest BCUT2D eigenvalue weighted by Crippen LogP contribution is -2.38. The van der Waals surface area contributed by atoms with Crippen LogP contribution < -0.4 is 14.8 Å². The Labute approximate surface area is 158 Å². The Morgan fingerprint density at radius 1 is 1.15 bits per heavy atom. The third kappa shape index (κ3) is 3.17. The van der Waals surface area contributed by atoms with E-state index in [0.717, 1.165) is 18.4 Å². The molecule has 1 aromatic carbocycles. The molecule has 1 amide bonds. The molecule has 3 aliphatic rings. The van der Waals surface area contributed by atoms with E-state index in [9.17, 15) is 9.59 Å². The molecule has 6 heteroatoms. The average Bonchev–Trinajstić information content (AvgIpc) is 3.20.